The maximum atomic E-state index is 12.9. The first-order valence-corrected chi connectivity index (χ1v) is 7.00. The molecule has 1 aliphatic rings. The molecule has 0 saturated heterocycles. The topological polar surface area (TPSA) is 17.1 Å². The molecule has 2 rings (SSSR count). The van der Waals surface area contributed by atoms with Gasteiger partial charge in [-0.1, -0.05) is 32.9 Å². The minimum Gasteiger partial charge on any atom is -0.294 e. The zero-order valence-electron chi connectivity index (χ0n) is 11.8. The molecule has 0 N–H and O–H groups in total. The van der Waals surface area contributed by atoms with E-state index in [-0.39, 0.29) is 17.5 Å². The summed E-state index contributed by atoms with van der Waals surface area (Å²) in [7, 11) is 0. The maximum Gasteiger partial charge on any atom is 0.162 e. The minimum atomic E-state index is -0.245. The summed E-state index contributed by atoms with van der Waals surface area (Å²) in [5.74, 6) is 0.857. The molecule has 0 bridgehead atoms. The van der Waals surface area contributed by atoms with Crippen molar-refractivity contribution in [2.24, 2.45) is 17.8 Å². The Hall–Kier alpha value is -1.44. The lowest BCUT2D eigenvalue weighted by atomic mass is 9.73. The van der Waals surface area contributed by atoms with Crippen LogP contribution in [-0.4, -0.2) is 5.78 Å². The summed E-state index contributed by atoms with van der Waals surface area (Å²) in [6.07, 6.45) is 3.97. The molecule has 0 aromatic heterocycles. The van der Waals surface area contributed by atoms with Crippen molar-refractivity contribution >= 4 is 11.9 Å². The summed E-state index contributed by atoms with van der Waals surface area (Å²) in [5, 5.41) is 0. The van der Waals surface area contributed by atoms with Crippen LogP contribution in [0.2, 0.25) is 0 Å². The van der Waals surface area contributed by atoms with Crippen molar-refractivity contribution in [2.75, 3.05) is 0 Å². The highest BCUT2D eigenvalue weighted by Gasteiger charge is 2.32. The number of rotatable bonds is 2. The summed E-state index contributed by atoms with van der Waals surface area (Å²) in [6.45, 7) is 6.31. The summed E-state index contributed by atoms with van der Waals surface area (Å²) in [6, 6.07) is 6.32. The van der Waals surface area contributed by atoms with E-state index in [2.05, 4.69) is 20.8 Å². The van der Waals surface area contributed by atoms with E-state index in [0.29, 0.717) is 11.8 Å². The first-order valence-electron chi connectivity index (χ1n) is 7.00. The van der Waals surface area contributed by atoms with Crippen molar-refractivity contribution in [1.29, 1.82) is 0 Å². The molecule has 1 nitrogen and oxygen atoms in total. The summed E-state index contributed by atoms with van der Waals surface area (Å²) < 4.78 is 12.9. The van der Waals surface area contributed by atoms with Gasteiger partial charge in [0.2, 0.25) is 0 Å². The van der Waals surface area contributed by atoms with E-state index in [4.69, 9.17) is 0 Å². The molecular weight excluding hydrogens is 239 g/mol. The molecule has 102 valence electrons. The van der Waals surface area contributed by atoms with Gasteiger partial charge in [-0.05, 0) is 54.0 Å². The molecule has 0 amide bonds. The Morgan fingerprint density at radius 1 is 1.21 bits per heavy atom. The van der Waals surface area contributed by atoms with Gasteiger partial charge in [0, 0.05) is 5.92 Å². The highest BCUT2D eigenvalue weighted by Crippen LogP contribution is 2.35. The standard InChI is InChI=1S/C17H21FO/c1-11(2)15-9-4-12(3)16(17(15)19)10-13-5-7-14(18)8-6-13/h5-8,10-12,15H,4,9H2,1-3H3. The Kier molecular flexibility index (Phi) is 4.18. The fourth-order valence-electron chi connectivity index (χ4n) is 2.76. The van der Waals surface area contributed by atoms with Crippen LogP contribution in [0.4, 0.5) is 4.39 Å². The van der Waals surface area contributed by atoms with Crippen molar-refractivity contribution in [1.82, 2.24) is 0 Å². The van der Waals surface area contributed by atoms with Gasteiger partial charge in [0.05, 0.1) is 0 Å². The lowest BCUT2D eigenvalue weighted by Crippen LogP contribution is -2.30. The van der Waals surface area contributed by atoms with Gasteiger partial charge in [0.25, 0.3) is 0 Å². The van der Waals surface area contributed by atoms with Gasteiger partial charge in [-0.2, -0.15) is 0 Å². The Morgan fingerprint density at radius 3 is 2.42 bits per heavy atom. The molecule has 1 aromatic carbocycles. The molecule has 0 heterocycles. The molecule has 2 unspecified atom stereocenters. The first kappa shape index (κ1) is 14.0. The SMILES string of the molecule is CC1CCC(C(C)C)C(=O)C1=Cc1ccc(F)cc1. The van der Waals surface area contributed by atoms with Gasteiger partial charge in [0.1, 0.15) is 5.82 Å². The third-order valence-corrected chi connectivity index (χ3v) is 4.06. The van der Waals surface area contributed by atoms with Crippen molar-refractivity contribution in [3.05, 3.63) is 41.2 Å². The second-order valence-corrected chi connectivity index (χ2v) is 5.84. The second-order valence-electron chi connectivity index (χ2n) is 5.84. The Morgan fingerprint density at radius 2 is 1.84 bits per heavy atom. The number of halogens is 1. The van der Waals surface area contributed by atoms with Gasteiger partial charge in [0.15, 0.2) is 5.78 Å². The van der Waals surface area contributed by atoms with E-state index in [0.717, 1.165) is 24.0 Å². The predicted octanol–water partition coefficient (Wildman–Crippen LogP) is 4.48. The number of carbonyl (C=O) groups is 1. The van der Waals surface area contributed by atoms with Crippen molar-refractivity contribution in [2.45, 2.75) is 33.6 Å². The van der Waals surface area contributed by atoms with Crippen LogP contribution in [0.5, 0.6) is 0 Å². The average molecular weight is 260 g/mol. The van der Waals surface area contributed by atoms with E-state index in [1.54, 1.807) is 12.1 Å². The molecule has 1 fully saturated rings. The summed E-state index contributed by atoms with van der Waals surface area (Å²) >= 11 is 0. The lowest BCUT2D eigenvalue weighted by molar-refractivity contribution is -0.122. The first-order chi connectivity index (χ1) is 8.99. The number of hydrogen-bond acceptors (Lipinski definition) is 1. The highest BCUT2D eigenvalue weighted by atomic mass is 19.1. The Bertz CT molecular complexity index is 484. The van der Waals surface area contributed by atoms with Gasteiger partial charge in [-0.25, -0.2) is 4.39 Å². The molecule has 19 heavy (non-hydrogen) atoms. The molecule has 2 atom stereocenters. The predicted molar refractivity (Wildman–Crippen MR) is 76.1 cm³/mol. The zero-order valence-corrected chi connectivity index (χ0v) is 11.8. The third-order valence-electron chi connectivity index (χ3n) is 4.06. The number of benzene rings is 1. The van der Waals surface area contributed by atoms with Crippen molar-refractivity contribution in [3.8, 4) is 0 Å². The van der Waals surface area contributed by atoms with Crippen LogP contribution < -0.4 is 0 Å². The zero-order chi connectivity index (χ0) is 14.0. The summed E-state index contributed by atoms with van der Waals surface area (Å²) in [5.41, 5.74) is 1.80. The van der Waals surface area contributed by atoms with Crippen molar-refractivity contribution < 1.29 is 9.18 Å². The van der Waals surface area contributed by atoms with Crippen LogP contribution in [0.15, 0.2) is 29.8 Å². The van der Waals surface area contributed by atoms with Crippen LogP contribution in [-0.2, 0) is 4.79 Å². The van der Waals surface area contributed by atoms with E-state index in [1.165, 1.54) is 12.1 Å². The third kappa shape index (κ3) is 3.12. The van der Waals surface area contributed by atoms with Crippen LogP contribution in [0.3, 0.4) is 0 Å². The van der Waals surface area contributed by atoms with Gasteiger partial charge in [-0.15, -0.1) is 0 Å². The molecule has 2 heteroatoms. The average Bonchev–Trinajstić information content (AvgIpc) is 2.36. The number of hydrogen-bond donors (Lipinski definition) is 0. The van der Waals surface area contributed by atoms with Gasteiger partial charge < -0.3 is 0 Å². The number of ketones is 1. The van der Waals surface area contributed by atoms with E-state index >= 15 is 0 Å². The van der Waals surface area contributed by atoms with Crippen LogP contribution >= 0.6 is 0 Å². The minimum absolute atomic E-state index is 0.142. The Balaban J connectivity index is 2.29. The fourth-order valence-corrected chi connectivity index (χ4v) is 2.76. The normalized spacial score (nSPS) is 26.2. The van der Waals surface area contributed by atoms with E-state index in [1.807, 2.05) is 6.08 Å². The number of Topliss-reactive ketones (excluding diaryl/α,β-unsaturated/α-hetero) is 1. The fraction of sp³-hybridized carbons (Fsp3) is 0.471. The molecule has 1 aromatic rings. The molecule has 0 spiro atoms. The van der Waals surface area contributed by atoms with E-state index < -0.39 is 0 Å². The quantitative estimate of drug-likeness (QED) is 0.716. The van der Waals surface area contributed by atoms with E-state index in [9.17, 15) is 9.18 Å². The van der Waals surface area contributed by atoms with Gasteiger partial charge >= 0.3 is 0 Å². The molecule has 1 saturated carbocycles. The number of allylic oxidation sites excluding steroid dienone is 1. The highest BCUT2D eigenvalue weighted by molar-refractivity contribution is 6.02. The largest absolute Gasteiger partial charge is 0.294 e. The maximum absolute atomic E-state index is 12.9. The second kappa shape index (κ2) is 5.68. The van der Waals surface area contributed by atoms with Crippen LogP contribution in [0.1, 0.15) is 39.2 Å². The molecular formula is C17H21FO. The molecule has 1 aliphatic carbocycles. The van der Waals surface area contributed by atoms with Crippen molar-refractivity contribution in [3.63, 3.8) is 0 Å². The Labute approximate surface area is 114 Å². The van der Waals surface area contributed by atoms with Crippen LogP contribution in [0.25, 0.3) is 6.08 Å². The molecule has 0 aliphatic heterocycles. The monoisotopic (exact) mass is 260 g/mol. The lowest BCUT2D eigenvalue weighted by Gasteiger charge is -2.30. The van der Waals surface area contributed by atoms with Gasteiger partial charge in [-0.3, -0.25) is 4.79 Å². The number of carbonyl (C=O) groups excluding carboxylic acids is 1. The van der Waals surface area contributed by atoms with Crippen LogP contribution in [0, 0.1) is 23.6 Å². The smallest absolute Gasteiger partial charge is 0.162 e. The molecule has 0 radical (unpaired) electrons. The summed E-state index contributed by atoms with van der Waals surface area (Å²) in [4.78, 5) is 12.5.